The lowest BCUT2D eigenvalue weighted by atomic mass is 10.1. The van der Waals surface area contributed by atoms with Crippen molar-refractivity contribution in [3.05, 3.63) is 0 Å². The second-order valence-corrected chi connectivity index (χ2v) is 6.62. The van der Waals surface area contributed by atoms with Crippen molar-refractivity contribution >= 4 is 16.1 Å². The summed E-state index contributed by atoms with van der Waals surface area (Å²) in [5.74, 6) is -0.849. The molecule has 0 aromatic carbocycles. The molecule has 20 heavy (non-hydrogen) atoms. The van der Waals surface area contributed by atoms with Crippen LogP contribution in [0.1, 0.15) is 71.6 Å². The maximum absolute atomic E-state index is 11.5. The van der Waals surface area contributed by atoms with Crippen molar-refractivity contribution in [2.75, 3.05) is 6.61 Å². The summed E-state index contributed by atoms with van der Waals surface area (Å²) in [5, 5.41) is -1.43. The topological polar surface area (TPSA) is 80.7 Å². The fourth-order valence-corrected chi connectivity index (χ4v) is 2.86. The summed E-state index contributed by atoms with van der Waals surface area (Å²) in [5.41, 5.74) is 0. The van der Waals surface area contributed by atoms with E-state index in [9.17, 15) is 13.2 Å². The monoisotopic (exact) mass is 308 g/mol. The maximum atomic E-state index is 11.5. The number of ether oxygens (including phenoxy) is 1. The zero-order valence-corrected chi connectivity index (χ0v) is 13.5. The smallest absolute Gasteiger partial charge is 0.326 e. The molecule has 1 N–H and O–H groups in total. The van der Waals surface area contributed by atoms with E-state index in [1.165, 1.54) is 25.7 Å². The predicted molar refractivity (Wildman–Crippen MR) is 79.2 cm³/mol. The molecule has 0 unspecified atom stereocenters. The molecular weight excluding hydrogens is 280 g/mol. The molecule has 0 saturated carbocycles. The fourth-order valence-electron chi connectivity index (χ4n) is 2.09. The summed E-state index contributed by atoms with van der Waals surface area (Å²) in [6, 6.07) is 0. The zero-order valence-electron chi connectivity index (χ0n) is 12.6. The van der Waals surface area contributed by atoms with Gasteiger partial charge in [-0.1, -0.05) is 58.3 Å². The van der Waals surface area contributed by atoms with E-state index in [0.29, 0.717) is 6.42 Å². The van der Waals surface area contributed by atoms with Crippen LogP contribution in [0.3, 0.4) is 0 Å². The number of carbonyl (C=O) groups is 1. The molecule has 0 fully saturated rings. The van der Waals surface area contributed by atoms with E-state index < -0.39 is 21.3 Å². The van der Waals surface area contributed by atoms with Crippen LogP contribution in [0.15, 0.2) is 0 Å². The van der Waals surface area contributed by atoms with Gasteiger partial charge in [0.2, 0.25) is 0 Å². The Balaban J connectivity index is 3.90. The van der Waals surface area contributed by atoms with Gasteiger partial charge in [0.05, 0.1) is 6.61 Å². The Morgan fingerprint density at radius 2 is 1.50 bits per heavy atom. The number of rotatable bonds is 12. The average molecular weight is 308 g/mol. The summed E-state index contributed by atoms with van der Waals surface area (Å²) < 4.78 is 36.0. The van der Waals surface area contributed by atoms with Crippen molar-refractivity contribution in [1.82, 2.24) is 0 Å². The standard InChI is InChI=1S/C14H28O5S/c1-3-5-6-7-8-9-10-11-12-13(20(16,17)18)14(15)19-4-2/h13H,3-12H2,1-2H3,(H,16,17,18)/t13-/m1/s1. The minimum atomic E-state index is -4.37. The van der Waals surface area contributed by atoms with E-state index in [0.717, 1.165) is 19.3 Å². The zero-order chi connectivity index (χ0) is 15.4. The molecule has 0 spiro atoms. The number of hydrogen-bond donors (Lipinski definition) is 1. The SMILES string of the molecule is CCCCCCCCCC[C@H](C(=O)OCC)S(=O)(=O)O. The quantitative estimate of drug-likeness (QED) is 0.340. The molecule has 0 aliphatic carbocycles. The van der Waals surface area contributed by atoms with Gasteiger partial charge in [-0.25, -0.2) is 0 Å². The van der Waals surface area contributed by atoms with Crippen LogP contribution in [0.2, 0.25) is 0 Å². The van der Waals surface area contributed by atoms with E-state index in [2.05, 4.69) is 11.7 Å². The minimum absolute atomic E-state index is 0.113. The van der Waals surface area contributed by atoms with Crippen molar-refractivity contribution in [2.24, 2.45) is 0 Å². The highest BCUT2D eigenvalue weighted by Gasteiger charge is 2.31. The van der Waals surface area contributed by atoms with Crippen molar-refractivity contribution in [1.29, 1.82) is 0 Å². The van der Waals surface area contributed by atoms with Crippen molar-refractivity contribution in [3.63, 3.8) is 0 Å². The molecule has 0 heterocycles. The molecule has 0 aliphatic rings. The third kappa shape index (κ3) is 9.31. The predicted octanol–water partition coefficient (Wildman–Crippen LogP) is 3.34. The molecule has 0 bridgehead atoms. The Kier molecular flexibility index (Phi) is 10.7. The molecule has 120 valence electrons. The van der Waals surface area contributed by atoms with Crippen LogP contribution in [0.25, 0.3) is 0 Å². The highest BCUT2D eigenvalue weighted by Crippen LogP contribution is 2.14. The Bertz CT molecular complexity index is 351. The van der Waals surface area contributed by atoms with Gasteiger partial charge in [-0.2, -0.15) is 8.42 Å². The molecule has 0 aromatic rings. The first-order valence-corrected chi connectivity index (χ1v) is 9.06. The maximum Gasteiger partial charge on any atom is 0.326 e. The van der Waals surface area contributed by atoms with E-state index >= 15 is 0 Å². The number of esters is 1. The third-order valence-electron chi connectivity index (χ3n) is 3.23. The van der Waals surface area contributed by atoms with Crippen molar-refractivity contribution in [2.45, 2.75) is 76.9 Å². The molecular formula is C14H28O5S. The van der Waals surface area contributed by atoms with E-state index in [-0.39, 0.29) is 13.0 Å². The Labute approximate surface area is 122 Å². The van der Waals surface area contributed by atoms with Gasteiger partial charge < -0.3 is 4.74 Å². The number of unbranched alkanes of at least 4 members (excludes halogenated alkanes) is 7. The lowest BCUT2D eigenvalue weighted by molar-refractivity contribution is -0.142. The van der Waals surface area contributed by atoms with Gasteiger partial charge in [0.25, 0.3) is 10.1 Å². The lowest BCUT2D eigenvalue weighted by Crippen LogP contribution is -2.31. The molecule has 1 atom stereocenters. The van der Waals surface area contributed by atoms with Crippen LogP contribution in [-0.2, 0) is 19.6 Å². The number of hydrogen-bond acceptors (Lipinski definition) is 4. The van der Waals surface area contributed by atoms with Crippen LogP contribution in [0, 0.1) is 0 Å². The van der Waals surface area contributed by atoms with Crippen LogP contribution < -0.4 is 0 Å². The van der Waals surface area contributed by atoms with Gasteiger partial charge in [-0.05, 0) is 13.3 Å². The summed E-state index contributed by atoms with van der Waals surface area (Å²) in [6.07, 6.45) is 8.70. The average Bonchev–Trinajstić information content (AvgIpc) is 2.35. The molecule has 0 aliphatic heterocycles. The number of carbonyl (C=O) groups excluding carboxylic acids is 1. The summed E-state index contributed by atoms with van der Waals surface area (Å²) in [6.45, 7) is 3.89. The van der Waals surface area contributed by atoms with Crippen molar-refractivity contribution < 1.29 is 22.5 Å². The summed E-state index contributed by atoms with van der Waals surface area (Å²) in [7, 11) is -4.37. The van der Waals surface area contributed by atoms with E-state index in [1.807, 2.05) is 0 Å². The minimum Gasteiger partial charge on any atom is -0.465 e. The van der Waals surface area contributed by atoms with Gasteiger partial charge in [0.1, 0.15) is 0 Å². The largest absolute Gasteiger partial charge is 0.465 e. The summed E-state index contributed by atoms with van der Waals surface area (Å²) >= 11 is 0. The van der Waals surface area contributed by atoms with Gasteiger partial charge in [0.15, 0.2) is 5.25 Å². The Morgan fingerprint density at radius 1 is 1.00 bits per heavy atom. The second kappa shape index (κ2) is 11.1. The van der Waals surface area contributed by atoms with Crippen LogP contribution in [0.5, 0.6) is 0 Å². The van der Waals surface area contributed by atoms with Crippen LogP contribution in [-0.4, -0.2) is 30.8 Å². The molecule has 0 radical (unpaired) electrons. The van der Waals surface area contributed by atoms with Gasteiger partial charge in [-0.3, -0.25) is 9.35 Å². The first-order chi connectivity index (χ1) is 9.43. The fraction of sp³-hybridized carbons (Fsp3) is 0.929. The molecule has 0 amide bonds. The van der Waals surface area contributed by atoms with E-state index in [4.69, 9.17) is 4.55 Å². The normalized spacial score (nSPS) is 13.2. The van der Waals surface area contributed by atoms with Gasteiger partial charge in [0, 0.05) is 0 Å². The lowest BCUT2D eigenvalue weighted by Gasteiger charge is -2.12. The second-order valence-electron chi connectivity index (χ2n) is 5.02. The van der Waals surface area contributed by atoms with E-state index in [1.54, 1.807) is 6.92 Å². The molecule has 0 rings (SSSR count). The highest BCUT2D eigenvalue weighted by atomic mass is 32.2. The molecule has 6 heteroatoms. The van der Waals surface area contributed by atoms with Gasteiger partial charge >= 0.3 is 5.97 Å². The Morgan fingerprint density at radius 3 is 1.95 bits per heavy atom. The van der Waals surface area contributed by atoms with Gasteiger partial charge in [-0.15, -0.1) is 0 Å². The third-order valence-corrected chi connectivity index (χ3v) is 4.38. The Hall–Kier alpha value is -0.620. The first kappa shape index (κ1) is 19.4. The first-order valence-electron chi connectivity index (χ1n) is 7.56. The highest BCUT2D eigenvalue weighted by molar-refractivity contribution is 7.87. The molecule has 0 saturated heterocycles. The van der Waals surface area contributed by atoms with Crippen LogP contribution >= 0.6 is 0 Å². The van der Waals surface area contributed by atoms with Crippen LogP contribution in [0.4, 0.5) is 0 Å². The molecule has 5 nitrogen and oxygen atoms in total. The van der Waals surface area contributed by atoms with Crippen molar-refractivity contribution in [3.8, 4) is 0 Å². The summed E-state index contributed by atoms with van der Waals surface area (Å²) in [4.78, 5) is 11.5. The molecule has 0 aromatic heterocycles.